The molecule has 3 heterocycles. The molecule has 1 saturated heterocycles. The van der Waals surface area contributed by atoms with E-state index in [1.165, 1.54) is 11.3 Å². The number of nitrogens with one attached hydrogen (secondary N) is 2. The smallest absolute Gasteiger partial charge is 0.252 e. The molecule has 2 aromatic rings. The molecule has 29 heavy (non-hydrogen) atoms. The van der Waals surface area contributed by atoms with Crippen LogP contribution < -0.4 is 20.1 Å². The van der Waals surface area contributed by atoms with Gasteiger partial charge in [0.15, 0.2) is 11.5 Å². The van der Waals surface area contributed by atoms with Crippen molar-refractivity contribution in [3.05, 3.63) is 46.7 Å². The summed E-state index contributed by atoms with van der Waals surface area (Å²) in [4.78, 5) is 26.6. The van der Waals surface area contributed by atoms with Gasteiger partial charge < -0.3 is 20.1 Å². The number of nitrogens with zero attached hydrogens (tertiary/aromatic N) is 1. The lowest BCUT2D eigenvalue weighted by atomic mass is 10.0. The summed E-state index contributed by atoms with van der Waals surface area (Å²) in [5, 5.41) is 9.78. The molecule has 0 radical (unpaired) electrons. The van der Waals surface area contributed by atoms with Crippen LogP contribution in [-0.2, 0) is 4.79 Å². The van der Waals surface area contributed by atoms with Gasteiger partial charge in [-0.05, 0) is 36.4 Å². The summed E-state index contributed by atoms with van der Waals surface area (Å²) >= 11 is 1.52. The van der Waals surface area contributed by atoms with Crippen LogP contribution in [-0.4, -0.2) is 61.6 Å². The third-order valence-electron chi connectivity index (χ3n) is 5.17. The van der Waals surface area contributed by atoms with Crippen LogP contribution in [0.3, 0.4) is 0 Å². The Labute approximate surface area is 174 Å². The van der Waals surface area contributed by atoms with E-state index < -0.39 is 0 Å². The van der Waals surface area contributed by atoms with Crippen LogP contribution >= 0.6 is 11.3 Å². The van der Waals surface area contributed by atoms with Gasteiger partial charge in [0.1, 0.15) is 12.7 Å². The molecule has 2 amide bonds. The second-order valence-electron chi connectivity index (χ2n) is 7.34. The number of fused-ring (bicyclic) bond motifs is 1. The Bertz CT molecular complexity index is 834. The third kappa shape index (κ3) is 5.27. The number of piperidine rings is 1. The second kappa shape index (κ2) is 9.28. The van der Waals surface area contributed by atoms with Crippen LogP contribution in [0.25, 0.3) is 0 Å². The summed E-state index contributed by atoms with van der Waals surface area (Å²) in [7, 11) is 0. The van der Waals surface area contributed by atoms with Gasteiger partial charge in [-0.25, -0.2) is 0 Å². The minimum atomic E-state index is -0.188. The lowest BCUT2D eigenvalue weighted by molar-refractivity contribution is -0.123. The fourth-order valence-electron chi connectivity index (χ4n) is 3.55. The molecule has 1 fully saturated rings. The maximum absolute atomic E-state index is 12.3. The lowest BCUT2D eigenvalue weighted by Crippen LogP contribution is -2.48. The number of likely N-dealkylation sites (tertiary alicyclic amines) is 1. The number of benzene rings is 1. The highest BCUT2D eigenvalue weighted by molar-refractivity contribution is 7.08. The standard InChI is InChI=1S/C21H25N3O4S/c25-20(22-11-17-13-27-18-3-1-2-4-19(18)28-17)12-24-8-5-16(6-9-24)23-21(26)15-7-10-29-14-15/h1-4,7,10,14,16-17H,5-6,8-9,11-13H2,(H,22,25)(H,23,26). The number of hydrogen-bond acceptors (Lipinski definition) is 6. The average Bonchev–Trinajstić information content (AvgIpc) is 3.29. The third-order valence-corrected chi connectivity index (χ3v) is 5.85. The molecule has 1 aromatic heterocycles. The second-order valence-corrected chi connectivity index (χ2v) is 8.12. The predicted molar refractivity (Wildman–Crippen MR) is 111 cm³/mol. The van der Waals surface area contributed by atoms with Gasteiger partial charge in [0, 0.05) is 30.1 Å². The van der Waals surface area contributed by atoms with Crippen LogP contribution in [0.5, 0.6) is 11.5 Å². The average molecular weight is 416 g/mol. The Balaban J connectivity index is 1.15. The summed E-state index contributed by atoms with van der Waals surface area (Å²) in [6.07, 6.45) is 1.51. The molecule has 2 N–H and O–H groups in total. The zero-order valence-electron chi connectivity index (χ0n) is 16.1. The predicted octanol–water partition coefficient (Wildman–Crippen LogP) is 1.90. The first-order valence-corrected chi connectivity index (χ1v) is 10.8. The monoisotopic (exact) mass is 415 g/mol. The van der Waals surface area contributed by atoms with Crippen LogP contribution in [0, 0.1) is 0 Å². The number of carbonyl (C=O) groups excluding carboxylic acids is 2. The number of thiophene rings is 1. The lowest BCUT2D eigenvalue weighted by Gasteiger charge is -2.32. The van der Waals surface area contributed by atoms with Crippen LogP contribution in [0.2, 0.25) is 0 Å². The quantitative estimate of drug-likeness (QED) is 0.753. The highest BCUT2D eigenvalue weighted by Crippen LogP contribution is 2.30. The van der Waals surface area contributed by atoms with Crippen molar-refractivity contribution in [2.75, 3.05) is 32.8 Å². The van der Waals surface area contributed by atoms with Crippen molar-refractivity contribution in [1.29, 1.82) is 0 Å². The molecule has 2 aliphatic rings. The highest BCUT2D eigenvalue weighted by atomic mass is 32.1. The molecule has 154 valence electrons. The van der Waals surface area contributed by atoms with Crippen molar-refractivity contribution in [2.45, 2.75) is 25.0 Å². The van der Waals surface area contributed by atoms with Gasteiger partial charge in [-0.2, -0.15) is 11.3 Å². The zero-order chi connectivity index (χ0) is 20.1. The topological polar surface area (TPSA) is 79.9 Å². The van der Waals surface area contributed by atoms with E-state index in [9.17, 15) is 9.59 Å². The van der Waals surface area contributed by atoms with E-state index >= 15 is 0 Å². The normalized spacial score (nSPS) is 19.5. The van der Waals surface area contributed by atoms with E-state index in [4.69, 9.17) is 9.47 Å². The van der Waals surface area contributed by atoms with E-state index in [0.717, 1.165) is 31.7 Å². The molecule has 4 rings (SSSR count). The van der Waals surface area contributed by atoms with Crippen molar-refractivity contribution in [2.24, 2.45) is 0 Å². The van der Waals surface area contributed by atoms with Gasteiger partial charge in [-0.15, -0.1) is 0 Å². The molecule has 1 unspecified atom stereocenters. The molecule has 8 heteroatoms. The van der Waals surface area contributed by atoms with E-state index in [1.807, 2.05) is 41.1 Å². The van der Waals surface area contributed by atoms with E-state index in [2.05, 4.69) is 15.5 Å². The van der Waals surface area contributed by atoms with Crippen molar-refractivity contribution in [3.63, 3.8) is 0 Å². The van der Waals surface area contributed by atoms with Gasteiger partial charge in [0.05, 0.1) is 13.1 Å². The Morgan fingerprint density at radius 1 is 1.14 bits per heavy atom. The summed E-state index contributed by atoms with van der Waals surface area (Å²) in [5.41, 5.74) is 0.716. The number of carbonyl (C=O) groups is 2. The van der Waals surface area contributed by atoms with Crippen LogP contribution in [0.4, 0.5) is 0 Å². The number of hydrogen-bond donors (Lipinski definition) is 2. The van der Waals surface area contributed by atoms with Gasteiger partial charge in [-0.3, -0.25) is 14.5 Å². The van der Waals surface area contributed by atoms with Crippen molar-refractivity contribution < 1.29 is 19.1 Å². The van der Waals surface area contributed by atoms with E-state index in [1.54, 1.807) is 0 Å². The Morgan fingerprint density at radius 3 is 2.69 bits per heavy atom. The first-order chi connectivity index (χ1) is 14.2. The first-order valence-electron chi connectivity index (χ1n) is 9.88. The molecule has 0 aliphatic carbocycles. The molecule has 0 saturated carbocycles. The van der Waals surface area contributed by atoms with Crippen molar-refractivity contribution in [1.82, 2.24) is 15.5 Å². The molecule has 7 nitrogen and oxygen atoms in total. The largest absolute Gasteiger partial charge is 0.486 e. The van der Waals surface area contributed by atoms with Gasteiger partial charge in [-0.1, -0.05) is 12.1 Å². The number of amides is 2. The molecule has 0 spiro atoms. The molecule has 0 bridgehead atoms. The van der Waals surface area contributed by atoms with Gasteiger partial charge in [0.2, 0.25) is 5.91 Å². The fourth-order valence-corrected chi connectivity index (χ4v) is 4.18. The SMILES string of the molecule is O=C(CN1CCC(NC(=O)c2ccsc2)CC1)NCC1COc2ccccc2O1. The van der Waals surface area contributed by atoms with E-state index in [-0.39, 0.29) is 24.0 Å². The fraction of sp³-hybridized carbons (Fsp3) is 0.429. The number of rotatable bonds is 6. The van der Waals surface area contributed by atoms with Gasteiger partial charge in [0.25, 0.3) is 5.91 Å². The molecule has 2 aliphatic heterocycles. The summed E-state index contributed by atoms with van der Waals surface area (Å²) < 4.78 is 11.5. The summed E-state index contributed by atoms with van der Waals surface area (Å²) in [5.74, 6) is 1.42. The molecular formula is C21H25N3O4S. The minimum Gasteiger partial charge on any atom is -0.486 e. The summed E-state index contributed by atoms with van der Waals surface area (Å²) in [6, 6.07) is 9.53. The Kier molecular flexibility index (Phi) is 6.31. The van der Waals surface area contributed by atoms with Crippen LogP contribution in [0.15, 0.2) is 41.1 Å². The molecule has 1 atom stereocenters. The molecule has 1 aromatic carbocycles. The highest BCUT2D eigenvalue weighted by Gasteiger charge is 2.24. The Hall–Kier alpha value is -2.58. The minimum absolute atomic E-state index is 0.0151. The van der Waals surface area contributed by atoms with Crippen LogP contribution in [0.1, 0.15) is 23.2 Å². The van der Waals surface area contributed by atoms with E-state index in [0.29, 0.717) is 31.0 Å². The van der Waals surface area contributed by atoms with Crippen molar-refractivity contribution >= 4 is 23.2 Å². The maximum atomic E-state index is 12.3. The first kappa shape index (κ1) is 19.7. The maximum Gasteiger partial charge on any atom is 0.252 e. The Morgan fingerprint density at radius 2 is 1.93 bits per heavy atom. The number of para-hydroxylation sites is 2. The van der Waals surface area contributed by atoms with Crippen molar-refractivity contribution in [3.8, 4) is 11.5 Å². The number of ether oxygens (including phenoxy) is 2. The molecular weight excluding hydrogens is 390 g/mol. The summed E-state index contributed by atoms with van der Waals surface area (Å²) in [6.45, 7) is 2.78. The van der Waals surface area contributed by atoms with Gasteiger partial charge >= 0.3 is 0 Å². The zero-order valence-corrected chi connectivity index (χ0v) is 17.0.